The highest BCUT2D eigenvalue weighted by Crippen LogP contribution is 2.33. The van der Waals surface area contributed by atoms with Gasteiger partial charge in [0.05, 0.1) is 5.41 Å². The molecule has 16 heavy (non-hydrogen) atoms. The predicted molar refractivity (Wildman–Crippen MR) is 70.5 cm³/mol. The van der Waals surface area contributed by atoms with Crippen molar-refractivity contribution < 1.29 is 4.79 Å². The summed E-state index contributed by atoms with van der Waals surface area (Å²) in [6.07, 6.45) is 1.18. The zero-order valence-electron chi connectivity index (χ0n) is 10.8. The summed E-state index contributed by atoms with van der Waals surface area (Å²) in [5, 5.41) is 3.48. The second-order valence-electron chi connectivity index (χ2n) is 6.21. The molecule has 0 spiro atoms. The van der Waals surface area contributed by atoms with Gasteiger partial charge in [-0.15, -0.1) is 0 Å². The number of primary amides is 1. The third kappa shape index (κ3) is 3.98. The Hall–Kier alpha value is -0.220. The summed E-state index contributed by atoms with van der Waals surface area (Å²) < 4.78 is 0. The Morgan fingerprint density at radius 3 is 2.69 bits per heavy atom. The maximum atomic E-state index is 11.2. The fraction of sp³-hybridized carbons (Fsp3) is 0.917. The van der Waals surface area contributed by atoms with Gasteiger partial charge < -0.3 is 11.1 Å². The van der Waals surface area contributed by atoms with Gasteiger partial charge in [-0.05, 0) is 31.4 Å². The van der Waals surface area contributed by atoms with E-state index in [1.807, 2.05) is 25.6 Å². The summed E-state index contributed by atoms with van der Waals surface area (Å²) in [5.41, 5.74) is 5.30. The van der Waals surface area contributed by atoms with E-state index in [2.05, 4.69) is 19.2 Å². The van der Waals surface area contributed by atoms with Gasteiger partial charge in [-0.25, -0.2) is 0 Å². The van der Waals surface area contributed by atoms with Gasteiger partial charge in [-0.1, -0.05) is 13.8 Å². The number of thioether (sulfide) groups is 1. The highest BCUT2D eigenvalue weighted by Gasteiger charge is 2.31. The maximum absolute atomic E-state index is 11.2. The number of amides is 1. The summed E-state index contributed by atoms with van der Waals surface area (Å²) in [4.78, 5) is 11.2. The smallest absolute Gasteiger partial charge is 0.224 e. The Kier molecular flexibility index (Phi) is 4.29. The lowest BCUT2D eigenvalue weighted by Gasteiger charge is -2.36. The van der Waals surface area contributed by atoms with Crippen LogP contribution in [0.2, 0.25) is 0 Å². The number of carbonyl (C=O) groups excluding carboxylic acids is 1. The van der Waals surface area contributed by atoms with Crippen molar-refractivity contribution in [3.8, 4) is 0 Å². The van der Waals surface area contributed by atoms with Crippen LogP contribution in [0, 0.1) is 10.8 Å². The predicted octanol–water partition coefficient (Wildman–Crippen LogP) is 1.62. The van der Waals surface area contributed by atoms with Gasteiger partial charge in [-0.2, -0.15) is 11.8 Å². The summed E-state index contributed by atoms with van der Waals surface area (Å²) in [7, 11) is 0. The molecule has 94 valence electrons. The lowest BCUT2D eigenvalue weighted by atomic mass is 9.86. The molecule has 0 aromatic heterocycles. The highest BCUT2D eigenvalue weighted by atomic mass is 32.2. The second-order valence-corrected chi connectivity index (χ2v) is 7.24. The lowest BCUT2D eigenvalue weighted by Crippen LogP contribution is -2.47. The first-order chi connectivity index (χ1) is 7.23. The molecule has 3 nitrogen and oxygen atoms in total. The number of carbonyl (C=O) groups is 1. The van der Waals surface area contributed by atoms with Crippen LogP contribution in [-0.4, -0.2) is 30.0 Å². The third-order valence-corrected chi connectivity index (χ3v) is 4.73. The molecule has 3 N–H and O–H groups in total. The molecule has 1 amide bonds. The van der Waals surface area contributed by atoms with E-state index >= 15 is 0 Å². The first-order valence-electron chi connectivity index (χ1n) is 5.84. The minimum Gasteiger partial charge on any atom is -0.369 e. The van der Waals surface area contributed by atoms with Crippen molar-refractivity contribution in [2.75, 3.05) is 18.1 Å². The molecule has 0 aromatic rings. The van der Waals surface area contributed by atoms with Crippen LogP contribution in [0.1, 0.15) is 34.1 Å². The standard InChI is InChI=1S/C12H24N2OS/c1-11(2)5-9(6-16-8-11)14-7-12(3,4)10(13)15/h9,14H,5-8H2,1-4H3,(H2,13,15). The van der Waals surface area contributed by atoms with E-state index in [0.717, 1.165) is 5.75 Å². The van der Waals surface area contributed by atoms with E-state index in [4.69, 9.17) is 5.73 Å². The van der Waals surface area contributed by atoms with Gasteiger partial charge in [-0.3, -0.25) is 4.79 Å². The SMILES string of the molecule is CC1(C)CSCC(NCC(C)(C)C(N)=O)C1. The van der Waals surface area contributed by atoms with E-state index in [9.17, 15) is 4.79 Å². The number of hydrogen-bond donors (Lipinski definition) is 2. The van der Waals surface area contributed by atoms with Crippen LogP contribution >= 0.6 is 11.8 Å². The van der Waals surface area contributed by atoms with E-state index in [1.54, 1.807) is 0 Å². The van der Waals surface area contributed by atoms with Gasteiger partial charge in [0, 0.05) is 18.3 Å². The number of hydrogen-bond acceptors (Lipinski definition) is 3. The first kappa shape index (κ1) is 13.8. The van der Waals surface area contributed by atoms with Crippen molar-refractivity contribution in [2.24, 2.45) is 16.6 Å². The average Bonchev–Trinajstić information content (AvgIpc) is 2.13. The van der Waals surface area contributed by atoms with Gasteiger partial charge in [0.2, 0.25) is 5.91 Å². The summed E-state index contributed by atoms with van der Waals surface area (Å²) in [5.74, 6) is 2.13. The minimum atomic E-state index is -0.452. The number of nitrogens with one attached hydrogen (secondary N) is 1. The Morgan fingerprint density at radius 2 is 2.19 bits per heavy atom. The fourth-order valence-electron chi connectivity index (χ4n) is 1.88. The van der Waals surface area contributed by atoms with Crippen molar-refractivity contribution in [1.82, 2.24) is 5.32 Å². The quantitative estimate of drug-likeness (QED) is 0.790. The molecule has 1 atom stereocenters. The molecular weight excluding hydrogens is 220 g/mol. The molecule has 1 saturated heterocycles. The van der Waals surface area contributed by atoms with Crippen LogP contribution in [0.15, 0.2) is 0 Å². The van der Waals surface area contributed by atoms with Gasteiger partial charge in [0.1, 0.15) is 0 Å². The maximum Gasteiger partial charge on any atom is 0.224 e. The van der Waals surface area contributed by atoms with Crippen LogP contribution in [-0.2, 0) is 4.79 Å². The van der Waals surface area contributed by atoms with Crippen molar-refractivity contribution in [2.45, 2.75) is 40.2 Å². The molecule has 0 radical (unpaired) electrons. The van der Waals surface area contributed by atoms with Crippen molar-refractivity contribution in [1.29, 1.82) is 0 Å². The van der Waals surface area contributed by atoms with Crippen LogP contribution in [0.4, 0.5) is 0 Å². The lowest BCUT2D eigenvalue weighted by molar-refractivity contribution is -0.125. The minimum absolute atomic E-state index is 0.234. The second kappa shape index (κ2) is 4.96. The average molecular weight is 244 g/mol. The first-order valence-corrected chi connectivity index (χ1v) is 6.99. The Balaban J connectivity index is 2.41. The summed E-state index contributed by atoms with van der Waals surface area (Å²) >= 11 is 1.99. The topological polar surface area (TPSA) is 55.1 Å². The highest BCUT2D eigenvalue weighted by molar-refractivity contribution is 7.99. The fourth-order valence-corrected chi connectivity index (χ4v) is 3.19. The van der Waals surface area contributed by atoms with E-state index in [1.165, 1.54) is 12.2 Å². The van der Waals surface area contributed by atoms with Gasteiger partial charge in [0.25, 0.3) is 0 Å². The van der Waals surface area contributed by atoms with E-state index in [-0.39, 0.29) is 5.91 Å². The molecule has 0 aliphatic carbocycles. The van der Waals surface area contributed by atoms with Crippen molar-refractivity contribution in [3.05, 3.63) is 0 Å². The van der Waals surface area contributed by atoms with Crippen LogP contribution in [0.25, 0.3) is 0 Å². The van der Waals surface area contributed by atoms with Crippen molar-refractivity contribution in [3.63, 3.8) is 0 Å². The van der Waals surface area contributed by atoms with Crippen LogP contribution in [0.3, 0.4) is 0 Å². The normalized spacial score (nSPS) is 25.4. The number of nitrogens with two attached hydrogens (primary N) is 1. The zero-order chi connectivity index (χ0) is 12.4. The molecule has 1 aliphatic heterocycles. The van der Waals surface area contributed by atoms with E-state index in [0.29, 0.717) is 18.0 Å². The molecule has 1 unspecified atom stereocenters. The van der Waals surface area contributed by atoms with Crippen LogP contribution < -0.4 is 11.1 Å². The third-order valence-electron chi connectivity index (χ3n) is 3.11. The molecule has 1 heterocycles. The Bertz CT molecular complexity index is 264. The molecule has 0 bridgehead atoms. The zero-order valence-corrected chi connectivity index (χ0v) is 11.6. The Morgan fingerprint density at radius 1 is 1.56 bits per heavy atom. The molecular formula is C12H24N2OS. The number of rotatable bonds is 4. The monoisotopic (exact) mass is 244 g/mol. The molecule has 1 rings (SSSR count). The molecule has 1 fully saturated rings. The molecule has 4 heteroatoms. The largest absolute Gasteiger partial charge is 0.369 e. The van der Waals surface area contributed by atoms with Crippen molar-refractivity contribution >= 4 is 17.7 Å². The molecule has 1 aliphatic rings. The van der Waals surface area contributed by atoms with Gasteiger partial charge in [0.15, 0.2) is 0 Å². The molecule has 0 saturated carbocycles. The summed E-state index contributed by atoms with van der Waals surface area (Å²) in [6, 6.07) is 0.507. The van der Waals surface area contributed by atoms with Crippen LogP contribution in [0.5, 0.6) is 0 Å². The molecule has 0 aromatic carbocycles. The Labute approximate surface area is 103 Å². The van der Waals surface area contributed by atoms with E-state index < -0.39 is 5.41 Å². The summed E-state index contributed by atoms with van der Waals surface area (Å²) in [6.45, 7) is 9.05. The van der Waals surface area contributed by atoms with Gasteiger partial charge >= 0.3 is 0 Å².